The highest BCUT2D eigenvalue weighted by Gasteiger charge is 2.46. The molecule has 1 aromatic rings. The van der Waals surface area contributed by atoms with E-state index in [1.54, 1.807) is 12.1 Å². The van der Waals surface area contributed by atoms with E-state index < -0.39 is 29.7 Å². The Morgan fingerprint density at radius 2 is 1.64 bits per heavy atom. The first-order chi connectivity index (χ1) is 16.0. The normalized spacial score (nSPS) is 24.2. The van der Waals surface area contributed by atoms with Gasteiger partial charge in [-0.05, 0) is 31.4 Å². The average Bonchev–Trinajstić information content (AvgIpc) is 3.09. The van der Waals surface area contributed by atoms with Crippen molar-refractivity contribution in [3.8, 4) is 0 Å². The molecule has 4 heterocycles. The maximum atomic E-state index is 13.3. The predicted molar refractivity (Wildman–Crippen MR) is 118 cm³/mol. The average molecular weight is 453 g/mol. The second-order valence-corrected chi connectivity index (χ2v) is 8.98. The summed E-state index contributed by atoms with van der Waals surface area (Å²) < 4.78 is 0. The van der Waals surface area contributed by atoms with Gasteiger partial charge in [-0.2, -0.15) is 0 Å². The van der Waals surface area contributed by atoms with E-state index >= 15 is 0 Å². The Labute approximate surface area is 191 Å². The Morgan fingerprint density at radius 1 is 0.909 bits per heavy atom. The lowest BCUT2D eigenvalue weighted by atomic mass is 9.93. The van der Waals surface area contributed by atoms with E-state index in [2.05, 4.69) is 15.5 Å². The minimum absolute atomic E-state index is 0.0339. The zero-order valence-electron chi connectivity index (χ0n) is 18.3. The Bertz CT molecular complexity index is 1030. The summed E-state index contributed by atoms with van der Waals surface area (Å²) >= 11 is 0. The van der Waals surface area contributed by atoms with Gasteiger partial charge in [0.15, 0.2) is 0 Å². The number of amides is 5. The fourth-order valence-electron chi connectivity index (χ4n) is 5.27. The summed E-state index contributed by atoms with van der Waals surface area (Å²) in [6.45, 7) is 4.33. The SMILES string of the molecule is O=C1CCC(N2C(=O)c3cccc(N4CCC(C(=O)N5CCNCC5)CC4)c3C2=O)C(=O)N1. The van der Waals surface area contributed by atoms with Gasteiger partial charge in [0.05, 0.1) is 16.8 Å². The van der Waals surface area contributed by atoms with Gasteiger partial charge in [0.2, 0.25) is 17.7 Å². The van der Waals surface area contributed by atoms with Gasteiger partial charge in [0.1, 0.15) is 6.04 Å². The van der Waals surface area contributed by atoms with E-state index in [4.69, 9.17) is 0 Å². The molecular formula is C23H27N5O5. The molecule has 5 rings (SSSR count). The molecule has 10 nitrogen and oxygen atoms in total. The number of rotatable bonds is 3. The van der Waals surface area contributed by atoms with Crippen LogP contribution in [-0.2, 0) is 14.4 Å². The van der Waals surface area contributed by atoms with Crippen LogP contribution in [0, 0.1) is 5.92 Å². The highest BCUT2D eigenvalue weighted by atomic mass is 16.2. The minimum Gasteiger partial charge on any atom is -0.371 e. The summed E-state index contributed by atoms with van der Waals surface area (Å²) in [6.07, 6.45) is 1.59. The zero-order chi connectivity index (χ0) is 23.1. The lowest BCUT2D eigenvalue weighted by molar-refractivity contribution is -0.137. The van der Waals surface area contributed by atoms with Gasteiger partial charge >= 0.3 is 0 Å². The molecule has 174 valence electrons. The molecule has 5 amide bonds. The molecule has 0 spiro atoms. The number of benzene rings is 1. The monoisotopic (exact) mass is 453 g/mol. The van der Waals surface area contributed by atoms with Crippen LogP contribution in [0.3, 0.4) is 0 Å². The van der Waals surface area contributed by atoms with Crippen molar-refractivity contribution in [1.82, 2.24) is 20.4 Å². The third-order valence-electron chi connectivity index (χ3n) is 7.06. The Kier molecular flexibility index (Phi) is 5.61. The van der Waals surface area contributed by atoms with E-state index in [9.17, 15) is 24.0 Å². The first kappa shape index (κ1) is 21.6. The summed E-state index contributed by atoms with van der Waals surface area (Å²) in [6, 6.07) is 4.18. The number of carbonyl (C=O) groups excluding carboxylic acids is 5. The molecule has 0 saturated carbocycles. The Morgan fingerprint density at radius 3 is 2.33 bits per heavy atom. The first-order valence-electron chi connectivity index (χ1n) is 11.5. The number of piperazine rings is 1. The van der Waals surface area contributed by atoms with Crippen molar-refractivity contribution in [1.29, 1.82) is 0 Å². The molecule has 33 heavy (non-hydrogen) atoms. The standard InChI is InChI=1S/C23H27N5O5/c29-18-5-4-17(20(30)25-18)28-22(32)15-2-1-3-16(19(15)23(28)33)26-10-6-14(7-11-26)21(31)27-12-8-24-9-13-27/h1-3,14,17,24H,4-13H2,(H,25,29,30). The number of imide groups is 2. The molecule has 10 heteroatoms. The number of hydrogen-bond acceptors (Lipinski definition) is 7. The van der Waals surface area contributed by atoms with E-state index in [0.29, 0.717) is 37.2 Å². The van der Waals surface area contributed by atoms with Crippen LogP contribution in [0.5, 0.6) is 0 Å². The molecule has 1 aromatic carbocycles. The van der Waals surface area contributed by atoms with Gasteiger partial charge < -0.3 is 15.1 Å². The number of nitrogens with zero attached hydrogens (tertiary/aromatic N) is 3. The van der Waals surface area contributed by atoms with Crippen molar-refractivity contribution in [2.24, 2.45) is 5.92 Å². The van der Waals surface area contributed by atoms with Crippen LogP contribution in [0.25, 0.3) is 0 Å². The third kappa shape index (κ3) is 3.78. The molecular weight excluding hydrogens is 426 g/mol. The maximum absolute atomic E-state index is 13.3. The molecule has 3 fully saturated rings. The van der Waals surface area contributed by atoms with Crippen LogP contribution >= 0.6 is 0 Å². The number of carbonyl (C=O) groups is 5. The van der Waals surface area contributed by atoms with Gasteiger partial charge in [-0.1, -0.05) is 6.07 Å². The fourth-order valence-corrected chi connectivity index (χ4v) is 5.27. The predicted octanol–water partition coefficient (Wildman–Crippen LogP) is -0.264. The van der Waals surface area contributed by atoms with Gasteiger partial charge in [-0.3, -0.25) is 34.2 Å². The number of nitrogens with one attached hydrogen (secondary N) is 2. The summed E-state index contributed by atoms with van der Waals surface area (Å²) in [5.41, 5.74) is 1.24. The molecule has 0 aromatic heterocycles. The van der Waals surface area contributed by atoms with Crippen LogP contribution in [0.2, 0.25) is 0 Å². The summed E-state index contributed by atoms with van der Waals surface area (Å²) in [4.78, 5) is 68.0. The van der Waals surface area contributed by atoms with Gasteiger partial charge in [0.25, 0.3) is 11.8 Å². The lowest BCUT2D eigenvalue weighted by Crippen LogP contribution is -2.54. The largest absolute Gasteiger partial charge is 0.371 e. The minimum atomic E-state index is -0.981. The second-order valence-electron chi connectivity index (χ2n) is 8.98. The van der Waals surface area contributed by atoms with Crippen molar-refractivity contribution in [3.63, 3.8) is 0 Å². The van der Waals surface area contributed by atoms with Crippen LogP contribution in [-0.4, -0.2) is 84.6 Å². The Balaban J connectivity index is 1.32. The first-order valence-corrected chi connectivity index (χ1v) is 11.5. The summed E-state index contributed by atoms with van der Waals surface area (Å²) in [7, 11) is 0. The van der Waals surface area contributed by atoms with Gasteiger partial charge in [-0.15, -0.1) is 0 Å². The van der Waals surface area contributed by atoms with Crippen LogP contribution in [0.4, 0.5) is 5.69 Å². The number of fused-ring (bicyclic) bond motifs is 1. The summed E-state index contributed by atoms with van der Waals surface area (Å²) in [5.74, 6) is -1.85. The number of hydrogen-bond donors (Lipinski definition) is 2. The Hall–Kier alpha value is -3.27. The van der Waals surface area contributed by atoms with E-state index in [-0.39, 0.29) is 30.2 Å². The van der Waals surface area contributed by atoms with E-state index in [1.165, 1.54) is 0 Å². The van der Waals surface area contributed by atoms with Crippen molar-refractivity contribution in [3.05, 3.63) is 29.3 Å². The molecule has 0 radical (unpaired) electrons. The fraction of sp³-hybridized carbons (Fsp3) is 0.522. The molecule has 4 aliphatic heterocycles. The van der Waals surface area contributed by atoms with Crippen molar-refractivity contribution in [2.75, 3.05) is 44.2 Å². The molecule has 1 unspecified atom stereocenters. The van der Waals surface area contributed by atoms with E-state index in [0.717, 1.165) is 31.1 Å². The molecule has 2 N–H and O–H groups in total. The number of anilines is 1. The quantitative estimate of drug-likeness (QED) is 0.605. The highest BCUT2D eigenvalue weighted by Crippen LogP contribution is 2.36. The van der Waals surface area contributed by atoms with Crippen LogP contribution in [0.15, 0.2) is 18.2 Å². The van der Waals surface area contributed by atoms with Crippen LogP contribution < -0.4 is 15.5 Å². The molecule has 1 atom stereocenters. The molecule has 0 bridgehead atoms. The number of piperidine rings is 2. The summed E-state index contributed by atoms with van der Waals surface area (Å²) in [5, 5.41) is 5.48. The van der Waals surface area contributed by atoms with Crippen molar-refractivity contribution in [2.45, 2.75) is 31.7 Å². The van der Waals surface area contributed by atoms with Crippen molar-refractivity contribution < 1.29 is 24.0 Å². The molecule has 0 aliphatic carbocycles. The zero-order valence-corrected chi connectivity index (χ0v) is 18.3. The van der Waals surface area contributed by atoms with E-state index in [1.807, 2.05) is 11.0 Å². The molecule has 4 aliphatic rings. The second kappa shape index (κ2) is 8.58. The van der Waals surface area contributed by atoms with Gasteiger partial charge in [0, 0.05) is 51.6 Å². The highest BCUT2D eigenvalue weighted by molar-refractivity contribution is 6.25. The smallest absolute Gasteiger partial charge is 0.264 e. The third-order valence-corrected chi connectivity index (χ3v) is 7.06. The van der Waals surface area contributed by atoms with Crippen LogP contribution in [0.1, 0.15) is 46.4 Å². The maximum Gasteiger partial charge on any atom is 0.264 e. The van der Waals surface area contributed by atoms with Crippen molar-refractivity contribution >= 4 is 35.2 Å². The molecule has 3 saturated heterocycles. The topological polar surface area (TPSA) is 119 Å². The lowest BCUT2D eigenvalue weighted by Gasteiger charge is -2.37. The van der Waals surface area contributed by atoms with Gasteiger partial charge in [-0.25, -0.2) is 0 Å².